The maximum Gasteiger partial charge on any atom is 0.256 e. The number of nitrogens with one attached hydrogen (secondary N) is 1. The maximum absolute atomic E-state index is 13.4. The number of fused-ring (bicyclic) bond motifs is 3. The van der Waals surface area contributed by atoms with Gasteiger partial charge in [-0.3, -0.25) is 4.79 Å². The summed E-state index contributed by atoms with van der Waals surface area (Å²) < 4.78 is 0. The van der Waals surface area contributed by atoms with E-state index in [9.17, 15) is 9.90 Å². The molecule has 0 spiro atoms. The topological polar surface area (TPSA) is 55.8 Å². The summed E-state index contributed by atoms with van der Waals surface area (Å²) in [6.07, 6.45) is 5.27. The Kier molecular flexibility index (Phi) is 5.37. The highest BCUT2D eigenvalue weighted by molar-refractivity contribution is 6.35. The number of hydrogen-bond donors (Lipinski definition) is 2. The zero-order chi connectivity index (χ0) is 21.7. The number of rotatable bonds is 2. The molecule has 5 rings (SSSR count). The molecule has 1 saturated heterocycles. The molecule has 3 aliphatic rings. The fourth-order valence-corrected chi connectivity index (χ4v) is 5.62. The van der Waals surface area contributed by atoms with Gasteiger partial charge in [-0.1, -0.05) is 47.5 Å². The van der Waals surface area contributed by atoms with Gasteiger partial charge >= 0.3 is 0 Å². The van der Waals surface area contributed by atoms with Crippen molar-refractivity contribution in [2.45, 2.75) is 18.4 Å². The number of nitrogens with zero attached hydrogens (tertiary/aromatic N) is 2. The molecule has 1 fully saturated rings. The smallest absolute Gasteiger partial charge is 0.256 e. The number of hydrogen-bond acceptors (Lipinski definition) is 4. The van der Waals surface area contributed by atoms with Crippen molar-refractivity contribution in [2.24, 2.45) is 5.92 Å². The number of benzene rings is 2. The number of anilines is 1. The number of phenolic OH excluding ortho intramolecular Hbond substituents is 1. The second-order valence-electron chi connectivity index (χ2n) is 8.67. The Morgan fingerprint density at radius 1 is 1.13 bits per heavy atom. The van der Waals surface area contributed by atoms with E-state index in [0.29, 0.717) is 16.1 Å². The second kappa shape index (κ2) is 8.05. The van der Waals surface area contributed by atoms with Gasteiger partial charge in [-0.25, -0.2) is 0 Å². The Morgan fingerprint density at radius 3 is 2.68 bits per heavy atom. The van der Waals surface area contributed by atoms with Crippen LogP contribution in [0.1, 0.15) is 39.9 Å². The first-order valence-corrected chi connectivity index (χ1v) is 11.4. The number of halogens is 2. The van der Waals surface area contributed by atoms with Gasteiger partial charge in [-0.2, -0.15) is 0 Å². The lowest BCUT2D eigenvalue weighted by atomic mass is 9.76. The fourth-order valence-electron chi connectivity index (χ4n) is 5.11. The van der Waals surface area contributed by atoms with Gasteiger partial charge in [0.15, 0.2) is 0 Å². The summed E-state index contributed by atoms with van der Waals surface area (Å²) in [5.74, 6) is 0.464. The van der Waals surface area contributed by atoms with E-state index in [1.807, 2.05) is 17.0 Å². The highest BCUT2D eigenvalue weighted by Gasteiger charge is 2.41. The number of likely N-dealkylation sites (N-methyl/N-ethyl adjacent to an activating group) is 1. The number of carbonyl (C=O) groups excluding carboxylic acids is 1. The summed E-state index contributed by atoms with van der Waals surface area (Å²) in [7, 11) is 2.08. The first-order chi connectivity index (χ1) is 14.9. The van der Waals surface area contributed by atoms with Crippen LogP contribution in [0.5, 0.6) is 5.75 Å². The van der Waals surface area contributed by atoms with Gasteiger partial charge in [0.25, 0.3) is 5.91 Å². The molecule has 2 heterocycles. The summed E-state index contributed by atoms with van der Waals surface area (Å²) in [6, 6.07) is 9.08. The lowest BCUT2D eigenvalue weighted by Crippen LogP contribution is -2.47. The summed E-state index contributed by atoms with van der Waals surface area (Å²) >= 11 is 12.5. The molecule has 3 unspecified atom stereocenters. The van der Waals surface area contributed by atoms with Crippen LogP contribution in [-0.2, 0) is 0 Å². The van der Waals surface area contributed by atoms with E-state index < -0.39 is 0 Å². The maximum atomic E-state index is 13.4. The van der Waals surface area contributed by atoms with Crippen molar-refractivity contribution >= 4 is 34.8 Å². The molecular weight excluding hydrogens is 433 g/mol. The Bertz CT molecular complexity index is 1060. The van der Waals surface area contributed by atoms with Crippen LogP contribution in [0, 0.1) is 5.92 Å². The zero-order valence-electron chi connectivity index (χ0n) is 17.3. The molecule has 31 heavy (non-hydrogen) atoms. The molecule has 162 valence electrons. The number of para-hydroxylation sites is 1. The van der Waals surface area contributed by atoms with Gasteiger partial charge in [-0.15, -0.1) is 0 Å². The number of phenols is 1. The molecule has 0 bridgehead atoms. The first-order valence-electron chi connectivity index (χ1n) is 10.7. The van der Waals surface area contributed by atoms with Crippen LogP contribution in [-0.4, -0.2) is 54.0 Å². The molecule has 2 aliphatic heterocycles. The summed E-state index contributed by atoms with van der Waals surface area (Å²) in [6.45, 7) is 3.19. The number of piperazine rings is 1. The molecule has 0 aromatic heterocycles. The van der Waals surface area contributed by atoms with Crippen LogP contribution in [0.3, 0.4) is 0 Å². The average molecular weight is 458 g/mol. The van der Waals surface area contributed by atoms with Crippen molar-refractivity contribution in [1.82, 2.24) is 9.80 Å². The van der Waals surface area contributed by atoms with E-state index in [0.717, 1.165) is 43.9 Å². The number of carbonyl (C=O) groups is 1. The van der Waals surface area contributed by atoms with E-state index in [1.54, 1.807) is 12.1 Å². The Labute approximate surface area is 192 Å². The Hall–Kier alpha value is -2.21. The third-order valence-electron chi connectivity index (χ3n) is 6.81. The van der Waals surface area contributed by atoms with Crippen molar-refractivity contribution in [2.75, 3.05) is 38.5 Å². The first kappa shape index (κ1) is 20.7. The molecular formula is C24H25Cl2N3O2. The van der Waals surface area contributed by atoms with Crippen LogP contribution >= 0.6 is 23.2 Å². The minimum Gasteiger partial charge on any atom is -0.506 e. The third kappa shape index (κ3) is 3.59. The van der Waals surface area contributed by atoms with E-state index >= 15 is 0 Å². The standard InChI is InChI=1S/C24H25Cl2N3O2/c1-28-8-10-29(11-9-28)24(31)18-7-3-6-16-15-4-2-5-17(15)22(27-21(16)18)19-12-14(25)13-20(26)23(19)30/h2-4,6-7,12-13,15,17,22,27,30H,5,8-11H2,1H3. The highest BCUT2D eigenvalue weighted by Crippen LogP contribution is 2.53. The van der Waals surface area contributed by atoms with Crippen molar-refractivity contribution in [3.05, 3.63) is 69.2 Å². The summed E-state index contributed by atoms with van der Waals surface area (Å²) in [5.41, 5.74) is 3.32. The number of aromatic hydroxyl groups is 1. The molecule has 0 saturated carbocycles. The lowest BCUT2D eigenvalue weighted by molar-refractivity contribution is 0.0664. The normalized spacial score (nSPS) is 25.1. The van der Waals surface area contributed by atoms with E-state index in [1.165, 1.54) is 0 Å². The monoisotopic (exact) mass is 457 g/mol. The summed E-state index contributed by atoms with van der Waals surface area (Å²) in [5, 5.41) is 15.0. The van der Waals surface area contributed by atoms with Gasteiger partial charge in [0.1, 0.15) is 5.75 Å². The minimum atomic E-state index is -0.204. The molecule has 2 aromatic carbocycles. The van der Waals surface area contributed by atoms with Crippen LogP contribution in [0.15, 0.2) is 42.5 Å². The molecule has 0 radical (unpaired) electrons. The number of amides is 1. The van der Waals surface area contributed by atoms with Crippen molar-refractivity contribution in [1.29, 1.82) is 0 Å². The average Bonchev–Trinajstić information content (AvgIpc) is 3.26. The fraction of sp³-hybridized carbons (Fsp3) is 0.375. The van der Waals surface area contributed by atoms with Crippen LogP contribution in [0.2, 0.25) is 10.0 Å². The SMILES string of the molecule is CN1CCN(C(=O)c2cccc3c2NC(c2cc(Cl)cc(Cl)c2O)C2CC=CC32)CC1. The van der Waals surface area contributed by atoms with E-state index in [4.69, 9.17) is 23.2 Å². The highest BCUT2D eigenvalue weighted by atomic mass is 35.5. The van der Waals surface area contributed by atoms with Crippen molar-refractivity contribution in [3.8, 4) is 5.75 Å². The van der Waals surface area contributed by atoms with Crippen molar-refractivity contribution < 1.29 is 9.90 Å². The Balaban J connectivity index is 1.56. The van der Waals surface area contributed by atoms with E-state index in [2.05, 4.69) is 35.5 Å². The minimum absolute atomic E-state index is 0.0422. The Morgan fingerprint density at radius 2 is 1.90 bits per heavy atom. The molecule has 2 aromatic rings. The van der Waals surface area contributed by atoms with Crippen molar-refractivity contribution in [3.63, 3.8) is 0 Å². The van der Waals surface area contributed by atoms with E-state index in [-0.39, 0.29) is 34.6 Å². The second-order valence-corrected chi connectivity index (χ2v) is 9.51. The zero-order valence-corrected chi connectivity index (χ0v) is 18.8. The molecule has 3 atom stereocenters. The van der Waals surface area contributed by atoms with Gasteiger partial charge in [0, 0.05) is 42.7 Å². The van der Waals surface area contributed by atoms with Crippen LogP contribution in [0.25, 0.3) is 0 Å². The van der Waals surface area contributed by atoms with Gasteiger partial charge < -0.3 is 20.2 Å². The quantitative estimate of drug-likeness (QED) is 0.628. The largest absolute Gasteiger partial charge is 0.506 e. The third-order valence-corrected chi connectivity index (χ3v) is 7.32. The number of allylic oxidation sites excluding steroid dienone is 2. The van der Waals surface area contributed by atoms with Crippen LogP contribution in [0.4, 0.5) is 5.69 Å². The van der Waals surface area contributed by atoms with Gasteiger partial charge in [-0.05, 0) is 43.1 Å². The molecule has 2 N–H and O–H groups in total. The van der Waals surface area contributed by atoms with Gasteiger partial charge in [0.05, 0.1) is 22.3 Å². The molecule has 1 aliphatic carbocycles. The summed E-state index contributed by atoms with van der Waals surface area (Å²) in [4.78, 5) is 17.6. The molecule has 7 heteroatoms. The predicted molar refractivity (Wildman–Crippen MR) is 124 cm³/mol. The predicted octanol–water partition coefficient (Wildman–Crippen LogP) is 4.91. The lowest BCUT2D eigenvalue weighted by Gasteiger charge is -2.39. The van der Waals surface area contributed by atoms with Gasteiger partial charge in [0.2, 0.25) is 0 Å². The molecule has 1 amide bonds. The van der Waals surface area contributed by atoms with Crippen LogP contribution < -0.4 is 5.32 Å². The molecule has 5 nitrogen and oxygen atoms in total.